The molecule has 118 valence electrons. The molecule has 0 fully saturated rings. The fraction of sp³-hybridized carbons (Fsp3) is 0.0909. The van der Waals surface area contributed by atoms with E-state index in [0.717, 1.165) is 5.56 Å². The molecule has 0 saturated heterocycles. The largest absolute Gasteiger partial charge is 0.290 e. The SMILES string of the molecule is Cl.O=C(NNc1nncc(-c2ccc(Cl)cc2)n1)C(Cl)(Cl)Cl. The van der Waals surface area contributed by atoms with E-state index in [1.807, 2.05) is 0 Å². The molecule has 6 nitrogen and oxygen atoms in total. The quantitative estimate of drug-likeness (QED) is 0.606. The molecule has 0 atom stereocenters. The third-order valence-corrected chi connectivity index (χ3v) is 3.01. The highest BCUT2D eigenvalue weighted by Crippen LogP contribution is 2.25. The molecule has 0 saturated carbocycles. The van der Waals surface area contributed by atoms with Crippen molar-refractivity contribution >= 4 is 70.7 Å². The van der Waals surface area contributed by atoms with Gasteiger partial charge in [0.1, 0.15) is 0 Å². The minimum Gasteiger partial charge on any atom is -0.268 e. The van der Waals surface area contributed by atoms with E-state index in [4.69, 9.17) is 46.4 Å². The molecule has 1 aromatic carbocycles. The second kappa shape index (κ2) is 7.99. The third-order valence-electron chi connectivity index (χ3n) is 2.24. The van der Waals surface area contributed by atoms with Crippen LogP contribution in [0.5, 0.6) is 0 Å². The Kier molecular flexibility index (Phi) is 6.90. The number of nitrogens with zero attached hydrogens (tertiary/aromatic N) is 3. The summed E-state index contributed by atoms with van der Waals surface area (Å²) in [5, 5.41) is 8.07. The number of hydrogen-bond acceptors (Lipinski definition) is 5. The minimum atomic E-state index is -2.09. The highest BCUT2D eigenvalue weighted by atomic mass is 35.6. The molecular formula is C11H8Cl5N5O. The number of anilines is 1. The summed E-state index contributed by atoms with van der Waals surface area (Å²) in [7, 11) is 0. The molecular weight excluding hydrogens is 395 g/mol. The zero-order valence-electron chi connectivity index (χ0n) is 10.6. The van der Waals surface area contributed by atoms with Crippen molar-refractivity contribution in [1.29, 1.82) is 0 Å². The van der Waals surface area contributed by atoms with Crippen molar-refractivity contribution in [3.8, 4) is 11.3 Å². The maximum absolute atomic E-state index is 11.4. The van der Waals surface area contributed by atoms with Crippen molar-refractivity contribution in [2.75, 3.05) is 5.43 Å². The number of rotatable bonds is 3. The lowest BCUT2D eigenvalue weighted by molar-refractivity contribution is -0.119. The molecule has 0 aliphatic heterocycles. The van der Waals surface area contributed by atoms with Crippen LogP contribution >= 0.6 is 58.8 Å². The summed E-state index contributed by atoms with van der Waals surface area (Å²) in [6, 6.07) is 6.99. The Morgan fingerprint density at radius 3 is 2.36 bits per heavy atom. The number of amides is 1. The lowest BCUT2D eigenvalue weighted by Gasteiger charge is -2.12. The topological polar surface area (TPSA) is 79.8 Å². The van der Waals surface area contributed by atoms with Gasteiger partial charge in [-0.25, -0.2) is 4.98 Å². The Labute approximate surface area is 151 Å². The van der Waals surface area contributed by atoms with Gasteiger partial charge in [-0.2, -0.15) is 5.10 Å². The number of halogens is 5. The first-order chi connectivity index (χ1) is 9.86. The van der Waals surface area contributed by atoms with Gasteiger partial charge >= 0.3 is 0 Å². The third kappa shape index (κ3) is 5.30. The first-order valence-electron chi connectivity index (χ1n) is 5.45. The fourth-order valence-corrected chi connectivity index (χ4v) is 1.57. The Hall–Kier alpha value is -1.05. The van der Waals surface area contributed by atoms with Crippen LogP contribution in [0, 0.1) is 0 Å². The van der Waals surface area contributed by atoms with Crippen LogP contribution in [0.3, 0.4) is 0 Å². The average Bonchev–Trinajstić information content (AvgIpc) is 2.45. The van der Waals surface area contributed by atoms with Crippen LogP contribution in [-0.2, 0) is 4.79 Å². The van der Waals surface area contributed by atoms with Crippen LogP contribution < -0.4 is 10.9 Å². The molecule has 1 heterocycles. The molecule has 2 N–H and O–H groups in total. The first-order valence-corrected chi connectivity index (χ1v) is 6.96. The Bertz CT molecular complexity index is 646. The predicted octanol–water partition coefficient (Wildman–Crippen LogP) is 3.43. The van der Waals surface area contributed by atoms with Gasteiger partial charge in [0.25, 0.3) is 15.6 Å². The van der Waals surface area contributed by atoms with Gasteiger partial charge in [0.2, 0.25) is 0 Å². The van der Waals surface area contributed by atoms with E-state index in [-0.39, 0.29) is 18.4 Å². The monoisotopic (exact) mass is 401 g/mol. The number of nitrogens with one attached hydrogen (secondary N) is 2. The molecule has 0 aliphatic carbocycles. The number of carbonyl (C=O) groups excluding carboxylic acids is 1. The summed E-state index contributed by atoms with van der Waals surface area (Å²) < 4.78 is -2.09. The summed E-state index contributed by atoms with van der Waals surface area (Å²) in [6.45, 7) is 0. The zero-order valence-corrected chi connectivity index (χ0v) is 14.4. The van der Waals surface area contributed by atoms with Gasteiger partial charge in [-0.05, 0) is 12.1 Å². The van der Waals surface area contributed by atoms with Crippen LogP contribution in [0.2, 0.25) is 5.02 Å². The van der Waals surface area contributed by atoms with Gasteiger partial charge in [0.05, 0.1) is 11.9 Å². The van der Waals surface area contributed by atoms with E-state index < -0.39 is 9.70 Å². The molecule has 22 heavy (non-hydrogen) atoms. The van der Waals surface area contributed by atoms with Crippen molar-refractivity contribution in [1.82, 2.24) is 20.6 Å². The molecule has 2 rings (SSSR count). The van der Waals surface area contributed by atoms with Crippen molar-refractivity contribution < 1.29 is 4.79 Å². The van der Waals surface area contributed by atoms with E-state index in [9.17, 15) is 4.79 Å². The number of carbonyl (C=O) groups is 1. The molecule has 1 amide bonds. The average molecular weight is 403 g/mol. The van der Waals surface area contributed by atoms with Gasteiger partial charge < -0.3 is 0 Å². The van der Waals surface area contributed by atoms with E-state index in [1.165, 1.54) is 6.20 Å². The number of benzene rings is 1. The minimum absolute atomic E-state index is 0. The van der Waals surface area contributed by atoms with Crippen molar-refractivity contribution in [2.45, 2.75) is 3.79 Å². The first kappa shape index (κ1) is 19.0. The van der Waals surface area contributed by atoms with E-state index in [2.05, 4.69) is 26.0 Å². The molecule has 1 aromatic heterocycles. The van der Waals surface area contributed by atoms with Gasteiger partial charge in [-0.1, -0.05) is 58.5 Å². The molecule has 0 unspecified atom stereocenters. The maximum atomic E-state index is 11.4. The van der Waals surface area contributed by atoms with Gasteiger partial charge in [-0.15, -0.1) is 17.5 Å². The molecule has 0 radical (unpaired) electrons. The Balaban J connectivity index is 0.00000242. The van der Waals surface area contributed by atoms with Crippen LogP contribution in [0.1, 0.15) is 0 Å². The van der Waals surface area contributed by atoms with Crippen LogP contribution in [0.25, 0.3) is 11.3 Å². The smallest absolute Gasteiger partial charge is 0.268 e. The molecule has 0 aliphatic rings. The van der Waals surface area contributed by atoms with E-state index in [0.29, 0.717) is 10.7 Å². The number of hydrazine groups is 1. The molecule has 11 heteroatoms. The second-order valence-electron chi connectivity index (χ2n) is 3.75. The lowest BCUT2D eigenvalue weighted by atomic mass is 10.2. The normalized spacial score (nSPS) is 10.5. The predicted molar refractivity (Wildman–Crippen MR) is 89.6 cm³/mol. The Morgan fingerprint density at radius 1 is 1.14 bits per heavy atom. The standard InChI is InChI=1S/C11H7Cl4N5O.ClH/c12-7-3-1-6(2-4-7)8-5-16-19-10(17-8)20-18-9(21)11(13,14)15;/h1-5H,(H,18,21)(H,17,19,20);1H. The van der Waals surface area contributed by atoms with E-state index >= 15 is 0 Å². The van der Waals surface area contributed by atoms with Crippen LogP contribution in [0.4, 0.5) is 5.95 Å². The number of hydrogen-bond donors (Lipinski definition) is 2. The number of aromatic nitrogens is 3. The van der Waals surface area contributed by atoms with Crippen LogP contribution in [0.15, 0.2) is 30.5 Å². The summed E-state index contributed by atoms with van der Waals surface area (Å²) in [5.41, 5.74) is 5.88. The van der Waals surface area contributed by atoms with Gasteiger partial charge in [0, 0.05) is 10.6 Å². The maximum Gasteiger partial charge on any atom is 0.290 e. The summed E-state index contributed by atoms with van der Waals surface area (Å²) >= 11 is 22.0. The highest BCUT2D eigenvalue weighted by molar-refractivity contribution is 6.76. The van der Waals surface area contributed by atoms with Gasteiger partial charge in [0.15, 0.2) is 0 Å². The van der Waals surface area contributed by atoms with Gasteiger partial charge in [-0.3, -0.25) is 15.6 Å². The van der Waals surface area contributed by atoms with Crippen molar-refractivity contribution in [3.63, 3.8) is 0 Å². The molecule has 2 aromatic rings. The lowest BCUT2D eigenvalue weighted by Crippen LogP contribution is -2.38. The second-order valence-corrected chi connectivity index (χ2v) is 6.47. The molecule has 0 bridgehead atoms. The summed E-state index contributed by atoms with van der Waals surface area (Å²) in [4.78, 5) is 15.5. The number of alkyl halides is 3. The van der Waals surface area contributed by atoms with Crippen molar-refractivity contribution in [2.24, 2.45) is 0 Å². The van der Waals surface area contributed by atoms with E-state index in [1.54, 1.807) is 24.3 Å². The summed E-state index contributed by atoms with van der Waals surface area (Å²) in [5.74, 6) is -0.821. The fourth-order valence-electron chi connectivity index (χ4n) is 1.30. The summed E-state index contributed by atoms with van der Waals surface area (Å²) in [6.07, 6.45) is 1.46. The van der Waals surface area contributed by atoms with Crippen molar-refractivity contribution in [3.05, 3.63) is 35.5 Å². The Morgan fingerprint density at radius 2 is 1.77 bits per heavy atom. The highest BCUT2D eigenvalue weighted by Gasteiger charge is 2.30. The van der Waals surface area contributed by atoms with Crippen LogP contribution in [-0.4, -0.2) is 24.9 Å². The zero-order chi connectivity index (χ0) is 15.5. The molecule has 0 spiro atoms.